The van der Waals surface area contributed by atoms with Crippen LogP contribution >= 0.6 is 11.6 Å². The highest BCUT2D eigenvalue weighted by Crippen LogP contribution is 2.35. The van der Waals surface area contributed by atoms with Gasteiger partial charge in [0, 0.05) is 24.2 Å². The minimum absolute atomic E-state index is 0.0614. The summed E-state index contributed by atoms with van der Waals surface area (Å²) in [6.45, 7) is 0.950. The molecule has 2 heterocycles. The lowest BCUT2D eigenvalue weighted by atomic mass is 10.00. The molecule has 0 aromatic heterocycles. The molecule has 2 nitrogen and oxygen atoms in total. The lowest BCUT2D eigenvalue weighted by Gasteiger charge is -2.36. The molecule has 3 heteroatoms. The first kappa shape index (κ1) is 9.50. The van der Waals surface area contributed by atoms with E-state index in [1.807, 2.05) is 6.08 Å². The lowest BCUT2D eigenvalue weighted by Crippen LogP contribution is -2.44. The molecule has 13 heavy (non-hydrogen) atoms. The van der Waals surface area contributed by atoms with Crippen LogP contribution in [0.15, 0.2) is 11.6 Å². The standard InChI is InChI=1S/C10H16ClNO/c11-4-1-5-12-8-2-3-9(12)7-10(13)6-8/h1,4,8-10,13H,2-3,5-7H2. The van der Waals surface area contributed by atoms with E-state index in [1.165, 1.54) is 12.8 Å². The van der Waals surface area contributed by atoms with Crippen molar-refractivity contribution >= 4 is 11.6 Å². The van der Waals surface area contributed by atoms with Crippen molar-refractivity contribution < 1.29 is 5.11 Å². The molecule has 2 saturated heterocycles. The topological polar surface area (TPSA) is 23.5 Å². The van der Waals surface area contributed by atoms with Crippen LogP contribution in [-0.2, 0) is 0 Å². The second kappa shape index (κ2) is 3.99. The molecule has 0 aliphatic carbocycles. The van der Waals surface area contributed by atoms with Crippen molar-refractivity contribution in [1.29, 1.82) is 0 Å². The summed E-state index contributed by atoms with van der Waals surface area (Å²) >= 11 is 5.51. The van der Waals surface area contributed by atoms with Gasteiger partial charge in [0.15, 0.2) is 0 Å². The quantitative estimate of drug-likeness (QED) is 0.736. The molecule has 1 N–H and O–H groups in total. The summed E-state index contributed by atoms with van der Waals surface area (Å²) in [5.41, 5.74) is 1.59. The molecular weight excluding hydrogens is 186 g/mol. The summed E-state index contributed by atoms with van der Waals surface area (Å²) in [7, 11) is 0. The molecule has 2 bridgehead atoms. The van der Waals surface area contributed by atoms with Crippen molar-refractivity contribution in [3.8, 4) is 0 Å². The van der Waals surface area contributed by atoms with Crippen molar-refractivity contribution in [3.63, 3.8) is 0 Å². The zero-order chi connectivity index (χ0) is 9.26. The van der Waals surface area contributed by atoms with Crippen LogP contribution in [0.1, 0.15) is 25.7 Å². The molecule has 2 rings (SSSR count). The zero-order valence-corrected chi connectivity index (χ0v) is 8.45. The minimum Gasteiger partial charge on any atom is -0.393 e. The summed E-state index contributed by atoms with van der Waals surface area (Å²) in [4.78, 5) is 2.48. The first-order valence-corrected chi connectivity index (χ1v) is 5.44. The van der Waals surface area contributed by atoms with E-state index >= 15 is 0 Å². The third kappa shape index (κ3) is 1.90. The Hall–Kier alpha value is -0.0500. The molecule has 0 spiro atoms. The van der Waals surface area contributed by atoms with Gasteiger partial charge < -0.3 is 5.11 Å². The monoisotopic (exact) mass is 201 g/mol. The van der Waals surface area contributed by atoms with Gasteiger partial charge in [0.1, 0.15) is 0 Å². The highest BCUT2D eigenvalue weighted by molar-refractivity contribution is 6.25. The number of fused-ring (bicyclic) bond motifs is 2. The van der Waals surface area contributed by atoms with Crippen LogP contribution in [0.5, 0.6) is 0 Å². The number of piperidine rings is 1. The van der Waals surface area contributed by atoms with Gasteiger partial charge in [-0.15, -0.1) is 0 Å². The lowest BCUT2D eigenvalue weighted by molar-refractivity contribution is 0.0422. The minimum atomic E-state index is -0.0614. The summed E-state index contributed by atoms with van der Waals surface area (Å²) in [5.74, 6) is 0. The number of hydrogen-bond acceptors (Lipinski definition) is 2. The van der Waals surface area contributed by atoms with Crippen molar-refractivity contribution in [2.45, 2.75) is 43.9 Å². The number of aliphatic hydroxyl groups excluding tert-OH is 1. The van der Waals surface area contributed by atoms with Crippen molar-refractivity contribution in [2.75, 3.05) is 6.54 Å². The van der Waals surface area contributed by atoms with Gasteiger partial charge in [0.2, 0.25) is 0 Å². The Morgan fingerprint density at radius 3 is 2.46 bits per heavy atom. The first-order chi connectivity index (χ1) is 6.31. The Bertz CT molecular complexity index is 193. The Morgan fingerprint density at radius 2 is 1.92 bits per heavy atom. The van der Waals surface area contributed by atoms with Gasteiger partial charge in [-0.25, -0.2) is 0 Å². The van der Waals surface area contributed by atoms with E-state index in [4.69, 9.17) is 11.6 Å². The van der Waals surface area contributed by atoms with Gasteiger partial charge >= 0.3 is 0 Å². The molecule has 2 atom stereocenters. The SMILES string of the molecule is OC1CC2CCC(C1)N2CC=CCl. The Balaban J connectivity index is 1.98. The molecule has 0 aromatic carbocycles. The fraction of sp³-hybridized carbons (Fsp3) is 0.800. The molecule has 0 amide bonds. The van der Waals surface area contributed by atoms with E-state index in [2.05, 4.69) is 4.90 Å². The van der Waals surface area contributed by atoms with Gasteiger partial charge in [-0.05, 0) is 25.7 Å². The molecule has 2 fully saturated rings. The second-order valence-electron chi connectivity index (χ2n) is 4.07. The maximum atomic E-state index is 9.56. The van der Waals surface area contributed by atoms with Crippen molar-refractivity contribution in [1.82, 2.24) is 4.90 Å². The number of nitrogens with zero attached hydrogens (tertiary/aromatic N) is 1. The molecule has 0 saturated carbocycles. The second-order valence-corrected chi connectivity index (χ2v) is 4.32. The highest BCUT2D eigenvalue weighted by Gasteiger charge is 2.39. The predicted octanol–water partition coefficient (Wildman–Crippen LogP) is 1.73. The van der Waals surface area contributed by atoms with Crippen LogP contribution in [0, 0.1) is 0 Å². The average Bonchev–Trinajstić information content (AvgIpc) is 2.33. The number of rotatable bonds is 2. The fourth-order valence-electron chi connectivity index (χ4n) is 2.71. The average molecular weight is 202 g/mol. The number of aliphatic hydroxyl groups is 1. The van der Waals surface area contributed by atoms with Crippen LogP contribution in [0.4, 0.5) is 0 Å². The largest absolute Gasteiger partial charge is 0.393 e. The number of hydrogen-bond donors (Lipinski definition) is 1. The molecule has 2 aliphatic heterocycles. The van der Waals surface area contributed by atoms with Gasteiger partial charge in [-0.3, -0.25) is 4.90 Å². The van der Waals surface area contributed by atoms with Gasteiger partial charge in [-0.2, -0.15) is 0 Å². The molecular formula is C10H16ClNO. The summed E-state index contributed by atoms with van der Waals surface area (Å²) in [6.07, 6.45) is 6.33. The van der Waals surface area contributed by atoms with E-state index < -0.39 is 0 Å². The molecule has 2 unspecified atom stereocenters. The van der Waals surface area contributed by atoms with Crippen molar-refractivity contribution in [3.05, 3.63) is 11.6 Å². The molecule has 0 radical (unpaired) electrons. The van der Waals surface area contributed by atoms with Crippen LogP contribution in [0.25, 0.3) is 0 Å². The van der Waals surface area contributed by atoms with Crippen LogP contribution in [0.2, 0.25) is 0 Å². The normalized spacial score (nSPS) is 40.3. The van der Waals surface area contributed by atoms with E-state index in [1.54, 1.807) is 5.54 Å². The maximum absolute atomic E-state index is 9.56. The van der Waals surface area contributed by atoms with Crippen LogP contribution in [-0.4, -0.2) is 34.7 Å². The van der Waals surface area contributed by atoms with Gasteiger partial charge in [0.25, 0.3) is 0 Å². The summed E-state index contributed by atoms with van der Waals surface area (Å²) < 4.78 is 0. The third-order valence-electron chi connectivity index (χ3n) is 3.26. The van der Waals surface area contributed by atoms with E-state index in [9.17, 15) is 5.11 Å². The molecule has 2 aliphatic rings. The fourth-order valence-corrected chi connectivity index (χ4v) is 2.78. The van der Waals surface area contributed by atoms with Crippen molar-refractivity contribution in [2.24, 2.45) is 0 Å². The first-order valence-electron chi connectivity index (χ1n) is 5.00. The van der Waals surface area contributed by atoms with Crippen LogP contribution in [0.3, 0.4) is 0 Å². The Kier molecular flexibility index (Phi) is 2.92. The van der Waals surface area contributed by atoms with Gasteiger partial charge in [-0.1, -0.05) is 17.7 Å². The smallest absolute Gasteiger partial charge is 0.0570 e. The molecule has 0 aromatic rings. The summed E-state index contributed by atoms with van der Waals surface area (Å²) in [6, 6.07) is 1.20. The van der Waals surface area contributed by atoms with Gasteiger partial charge in [0.05, 0.1) is 6.10 Å². The number of halogens is 1. The third-order valence-corrected chi connectivity index (χ3v) is 3.44. The maximum Gasteiger partial charge on any atom is 0.0570 e. The molecule has 74 valence electrons. The Morgan fingerprint density at radius 1 is 1.31 bits per heavy atom. The van der Waals surface area contributed by atoms with Crippen LogP contribution < -0.4 is 0 Å². The highest BCUT2D eigenvalue weighted by atomic mass is 35.5. The van der Waals surface area contributed by atoms with E-state index in [-0.39, 0.29) is 6.10 Å². The predicted molar refractivity (Wildman–Crippen MR) is 53.7 cm³/mol. The van der Waals surface area contributed by atoms with E-state index in [0.717, 1.165) is 19.4 Å². The summed E-state index contributed by atoms with van der Waals surface area (Å²) in [5, 5.41) is 9.56. The van der Waals surface area contributed by atoms with E-state index in [0.29, 0.717) is 12.1 Å². The zero-order valence-electron chi connectivity index (χ0n) is 7.69. The Labute approximate surface area is 84.2 Å².